The summed E-state index contributed by atoms with van der Waals surface area (Å²) in [4.78, 5) is 17.5. The topological polar surface area (TPSA) is 48.4 Å². The Morgan fingerprint density at radius 1 is 1.14 bits per heavy atom. The summed E-state index contributed by atoms with van der Waals surface area (Å²) in [5.41, 5.74) is 5.37. The highest BCUT2D eigenvalue weighted by Gasteiger charge is 2.49. The summed E-state index contributed by atoms with van der Waals surface area (Å²) in [6, 6.07) is 11.1. The number of pyridine rings is 1. The third-order valence-corrected chi connectivity index (χ3v) is 9.21. The number of hydrogen-bond acceptors (Lipinski definition) is 4. The average Bonchev–Trinajstić information content (AvgIpc) is 3.14. The second-order valence-corrected chi connectivity index (χ2v) is 13.1. The molecule has 0 bridgehead atoms. The molecule has 5 rings (SSSR count). The summed E-state index contributed by atoms with van der Waals surface area (Å²) >= 11 is 0. The van der Waals surface area contributed by atoms with Crippen LogP contribution in [0.15, 0.2) is 36.5 Å². The van der Waals surface area contributed by atoms with Gasteiger partial charge in [-0.05, 0) is 119 Å². The second kappa shape index (κ2) is 10.4. The van der Waals surface area contributed by atoms with Crippen LogP contribution in [0.5, 0.6) is 5.75 Å². The van der Waals surface area contributed by atoms with Gasteiger partial charge in [0.1, 0.15) is 11.4 Å². The van der Waals surface area contributed by atoms with Gasteiger partial charge >= 0.3 is 5.97 Å². The molecule has 1 heterocycles. The number of benzene rings is 1. The fraction of sp³-hybridized carbons (Fsp3) is 0.636. The summed E-state index contributed by atoms with van der Waals surface area (Å²) < 4.78 is 12.2. The van der Waals surface area contributed by atoms with E-state index >= 15 is 0 Å². The first-order valence-electron chi connectivity index (χ1n) is 14.6. The minimum absolute atomic E-state index is 0.0122. The predicted molar refractivity (Wildman–Crippen MR) is 148 cm³/mol. The van der Waals surface area contributed by atoms with Gasteiger partial charge in [0.2, 0.25) is 0 Å². The number of carbonyl (C=O) groups excluding carboxylic acids is 1. The summed E-state index contributed by atoms with van der Waals surface area (Å²) in [6.07, 6.45) is 11.7. The number of rotatable bonds is 6. The number of fused-ring (bicyclic) bond motifs is 3. The summed E-state index contributed by atoms with van der Waals surface area (Å²) in [6.45, 7) is 11.3. The molecule has 4 nitrogen and oxygen atoms in total. The highest BCUT2D eigenvalue weighted by Crippen LogP contribution is 2.55. The maximum absolute atomic E-state index is 12.8. The van der Waals surface area contributed by atoms with Crippen LogP contribution >= 0.6 is 0 Å². The first kappa shape index (κ1) is 26.3. The second-order valence-electron chi connectivity index (χ2n) is 13.1. The van der Waals surface area contributed by atoms with E-state index in [1.54, 1.807) is 0 Å². The molecular formula is C33H45NO3. The number of aromatic nitrogens is 1. The quantitative estimate of drug-likeness (QED) is 0.382. The van der Waals surface area contributed by atoms with Crippen molar-refractivity contribution in [2.45, 2.75) is 109 Å². The summed E-state index contributed by atoms with van der Waals surface area (Å²) in [5, 5.41) is 0. The molecule has 200 valence electrons. The molecule has 1 spiro atoms. The highest BCUT2D eigenvalue weighted by atomic mass is 16.6. The van der Waals surface area contributed by atoms with E-state index in [1.807, 2.05) is 27.0 Å². The predicted octanol–water partition coefficient (Wildman–Crippen LogP) is 7.57. The molecule has 1 fully saturated rings. The van der Waals surface area contributed by atoms with Gasteiger partial charge in [-0.3, -0.25) is 9.78 Å². The van der Waals surface area contributed by atoms with E-state index in [-0.39, 0.29) is 17.3 Å². The Labute approximate surface area is 223 Å². The van der Waals surface area contributed by atoms with Crippen LogP contribution in [-0.4, -0.2) is 23.2 Å². The van der Waals surface area contributed by atoms with Gasteiger partial charge in [0, 0.05) is 17.5 Å². The largest absolute Gasteiger partial charge is 0.493 e. The minimum atomic E-state index is -0.421. The molecule has 1 aromatic heterocycles. The lowest BCUT2D eigenvalue weighted by atomic mass is 9.61. The van der Waals surface area contributed by atoms with E-state index in [1.165, 1.54) is 35.2 Å². The molecule has 1 aromatic carbocycles. The van der Waals surface area contributed by atoms with Gasteiger partial charge < -0.3 is 9.47 Å². The zero-order valence-corrected chi connectivity index (χ0v) is 23.5. The Morgan fingerprint density at radius 2 is 1.89 bits per heavy atom. The number of aryl methyl sites for hydroxylation is 1. The first-order chi connectivity index (χ1) is 17.7. The van der Waals surface area contributed by atoms with E-state index in [4.69, 9.17) is 9.47 Å². The van der Waals surface area contributed by atoms with Crippen molar-refractivity contribution in [3.8, 4) is 5.75 Å². The lowest BCUT2D eigenvalue weighted by Gasteiger charge is -2.43. The fourth-order valence-corrected chi connectivity index (χ4v) is 7.46. The average molecular weight is 504 g/mol. The molecule has 3 atom stereocenters. The minimum Gasteiger partial charge on any atom is -0.493 e. The van der Waals surface area contributed by atoms with Gasteiger partial charge in [0.25, 0.3) is 0 Å². The summed E-state index contributed by atoms with van der Waals surface area (Å²) in [7, 11) is 0. The van der Waals surface area contributed by atoms with Crippen molar-refractivity contribution in [3.05, 3.63) is 58.9 Å². The third-order valence-electron chi connectivity index (χ3n) is 9.21. The zero-order chi connectivity index (χ0) is 26.2. The molecule has 2 aromatic rings. The number of ether oxygens (including phenoxy) is 2. The molecule has 3 aliphatic carbocycles. The standard InChI is InChI=1S/C33H45NO3/c1-22(21-36-29-15-18-34-28-12-8-9-23(2)30(28)29)19-26-20-25-10-6-7-11-27(25)33(26)16-13-24(14-17-33)31(35)37-32(3,4)5/h6-7,10-11,15,18,22-24,26H,8-9,12-14,16-17,19-21H2,1-5H3/t22-,23-,24?,26?,33?/m1/s1. The lowest BCUT2D eigenvalue weighted by Crippen LogP contribution is -2.40. The van der Waals surface area contributed by atoms with E-state index < -0.39 is 5.60 Å². The SMILES string of the molecule is C[C@@H](COc1ccnc2c1[C@H](C)CCC2)CC1Cc2ccccc2C12CCC(C(=O)OC(C)(C)C)CC2. The smallest absolute Gasteiger partial charge is 0.309 e. The van der Waals surface area contributed by atoms with Crippen molar-refractivity contribution in [1.29, 1.82) is 0 Å². The van der Waals surface area contributed by atoms with E-state index in [0.29, 0.717) is 17.8 Å². The first-order valence-corrected chi connectivity index (χ1v) is 14.6. The van der Waals surface area contributed by atoms with Crippen LogP contribution in [0.1, 0.15) is 108 Å². The molecular weight excluding hydrogens is 458 g/mol. The fourth-order valence-electron chi connectivity index (χ4n) is 7.46. The molecule has 0 N–H and O–H groups in total. The normalized spacial score (nSPS) is 27.9. The van der Waals surface area contributed by atoms with Gasteiger partial charge in [0.05, 0.1) is 12.5 Å². The maximum atomic E-state index is 12.8. The molecule has 3 aliphatic rings. The Bertz CT molecular complexity index is 1110. The van der Waals surface area contributed by atoms with Gasteiger partial charge in [0.15, 0.2) is 0 Å². The van der Waals surface area contributed by atoms with Crippen LogP contribution in [-0.2, 0) is 27.8 Å². The van der Waals surface area contributed by atoms with Crippen LogP contribution < -0.4 is 4.74 Å². The van der Waals surface area contributed by atoms with Crippen molar-refractivity contribution in [2.24, 2.45) is 17.8 Å². The van der Waals surface area contributed by atoms with E-state index in [2.05, 4.69) is 49.2 Å². The van der Waals surface area contributed by atoms with Crippen molar-refractivity contribution in [3.63, 3.8) is 0 Å². The van der Waals surface area contributed by atoms with Crippen LogP contribution in [0.2, 0.25) is 0 Å². The number of carbonyl (C=O) groups is 1. The zero-order valence-electron chi connectivity index (χ0n) is 23.5. The van der Waals surface area contributed by atoms with Gasteiger partial charge in [-0.1, -0.05) is 38.1 Å². The van der Waals surface area contributed by atoms with Crippen LogP contribution in [0, 0.1) is 17.8 Å². The maximum Gasteiger partial charge on any atom is 0.309 e. The van der Waals surface area contributed by atoms with E-state index in [9.17, 15) is 4.79 Å². The Hall–Kier alpha value is -2.36. The molecule has 4 heteroatoms. The third kappa shape index (κ3) is 5.45. The number of nitrogens with zero attached hydrogens (tertiary/aromatic N) is 1. The molecule has 0 saturated heterocycles. The van der Waals surface area contributed by atoms with Gasteiger partial charge in [-0.2, -0.15) is 0 Å². The molecule has 1 unspecified atom stereocenters. The number of hydrogen-bond donors (Lipinski definition) is 0. The number of esters is 1. The van der Waals surface area contributed by atoms with Crippen LogP contribution in [0.4, 0.5) is 0 Å². The highest BCUT2D eigenvalue weighted by molar-refractivity contribution is 5.73. The van der Waals surface area contributed by atoms with Crippen molar-refractivity contribution in [1.82, 2.24) is 4.98 Å². The molecule has 0 amide bonds. The molecule has 37 heavy (non-hydrogen) atoms. The van der Waals surface area contributed by atoms with Crippen LogP contribution in [0.3, 0.4) is 0 Å². The van der Waals surface area contributed by atoms with Crippen molar-refractivity contribution >= 4 is 5.97 Å². The molecule has 0 radical (unpaired) electrons. The Kier molecular flexibility index (Phi) is 7.40. The Morgan fingerprint density at radius 3 is 2.65 bits per heavy atom. The van der Waals surface area contributed by atoms with Crippen molar-refractivity contribution < 1.29 is 14.3 Å². The molecule has 1 saturated carbocycles. The van der Waals surface area contributed by atoms with Crippen LogP contribution in [0.25, 0.3) is 0 Å². The van der Waals surface area contributed by atoms with Crippen molar-refractivity contribution in [2.75, 3.05) is 6.61 Å². The monoisotopic (exact) mass is 503 g/mol. The van der Waals surface area contributed by atoms with E-state index in [0.717, 1.165) is 57.3 Å². The molecule has 0 aliphatic heterocycles. The Balaban J connectivity index is 1.27. The lowest BCUT2D eigenvalue weighted by molar-refractivity contribution is -0.161. The van der Waals surface area contributed by atoms with Gasteiger partial charge in [-0.25, -0.2) is 0 Å². The summed E-state index contributed by atoms with van der Waals surface area (Å²) in [5.74, 6) is 2.64. The van der Waals surface area contributed by atoms with Gasteiger partial charge in [-0.15, -0.1) is 0 Å².